The van der Waals surface area contributed by atoms with Gasteiger partial charge in [0.05, 0.1) is 23.0 Å². The van der Waals surface area contributed by atoms with Crippen molar-refractivity contribution in [1.82, 2.24) is 9.36 Å². The highest BCUT2D eigenvalue weighted by atomic mass is 32.2. The fraction of sp³-hybridized carbons (Fsp3) is 0. The van der Waals surface area contributed by atoms with Crippen molar-refractivity contribution in [3.63, 3.8) is 0 Å². The molecule has 0 saturated heterocycles. The van der Waals surface area contributed by atoms with Crippen LogP contribution in [0.5, 0.6) is 0 Å². The first-order valence-electron chi connectivity index (χ1n) is 5.54. The molecule has 6 nitrogen and oxygen atoms in total. The number of rotatable bonds is 3. The second kappa shape index (κ2) is 4.63. The van der Waals surface area contributed by atoms with Crippen LogP contribution in [-0.4, -0.2) is 17.8 Å². The smallest absolute Gasteiger partial charge is 0.264 e. The minimum absolute atomic E-state index is 0.117. The van der Waals surface area contributed by atoms with E-state index in [2.05, 4.69) is 20.1 Å². The molecule has 3 rings (SSSR count). The molecule has 1 aromatic carbocycles. The lowest BCUT2D eigenvalue weighted by atomic mass is 10.2. The highest BCUT2D eigenvalue weighted by molar-refractivity contribution is 7.92. The maximum absolute atomic E-state index is 12.2. The Kier molecular flexibility index (Phi) is 2.93. The number of benzene rings is 1. The van der Waals surface area contributed by atoms with E-state index in [4.69, 9.17) is 5.26 Å². The minimum Gasteiger partial charge on any atom is -0.358 e. The molecule has 3 aromatic rings. The van der Waals surface area contributed by atoms with Crippen LogP contribution in [0.2, 0.25) is 0 Å². The molecule has 0 atom stereocenters. The summed E-state index contributed by atoms with van der Waals surface area (Å²) in [7, 11) is -3.66. The number of nitriles is 1. The molecule has 20 heavy (non-hydrogen) atoms. The molecular formula is C12H8N4O2S2. The molecule has 0 aliphatic heterocycles. The third-order valence-electron chi connectivity index (χ3n) is 2.80. The Morgan fingerprint density at radius 3 is 2.95 bits per heavy atom. The summed E-state index contributed by atoms with van der Waals surface area (Å²) in [6.07, 6.45) is 2.84. The minimum atomic E-state index is -3.66. The van der Waals surface area contributed by atoms with Crippen LogP contribution in [-0.2, 0) is 10.0 Å². The first kappa shape index (κ1) is 12.7. The predicted octanol–water partition coefficient (Wildman–Crippen LogP) is 2.30. The van der Waals surface area contributed by atoms with E-state index in [1.54, 1.807) is 24.4 Å². The van der Waals surface area contributed by atoms with Crippen LogP contribution in [0, 0.1) is 11.3 Å². The maximum Gasteiger partial charge on any atom is 0.264 e. The average Bonchev–Trinajstić information content (AvgIpc) is 3.08. The first-order chi connectivity index (χ1) is 9.62. The van der Waals surface area contributed by atoms with Gasteiger partial charge in [-0.15, -0.1) is 0 Å². The lowest BCUT2D eigenvalue weighted by Gasteiger charge is -2.07. The molecule has 0 bridgehead atoms. The highest BCUT2D eigenvalue weighted by Gasteiger charge is 2.17. The van der Waals surface area contributed by atoms with Crippen LogP contribution in [0.4, 0.5) is 5.69 Å². The molecule has 0 aliphatic rings. The van der Waals surface area contributed by atoms with E-state index in [9.17, 15) is 8.42 Å². The van der Waals surface area contributed by atoms with Gasteiger partial charge in [0.2, 0.25) is 0 Å². The van der Waals surface area contributed by atoms with Gasteiger partial charge in [-0.1, -0.05) is 12.1 Å². The lowest BCUT2D eigenvalue weighted by Crippen LogP contribution is -2.12. The third kappa shape index (κ3) is 2.03. The number of sulfonamides is 1. The van der Waals surface area contributed by atoms with Crippen molar-refractivity contribution >= 4 is 38.1 Å². The van der Waals surface area contributed by atoms with E-state index in [0.717, 1.165) is 11.5 Å². The normalized spacial score (nSPS) is 11.3. The Labute approximate surface area is 118 Å². The second-order valence-electron chi connectivity index (χ2n) is 4.01. The van der Waals surface area contributed by atoms with Crippen molar-refractivity contribution < 1.29 is 8.42 Å². The van der Waals surface area contributed by atoms with Gasteiger partial charge in [-0.3, -0.25) is 4.72 Å². The maximum atomic E-state index is 12.2. The molecule has 0 unspecified atom stereocenters. The van der Waals surface area contributed by atoms with Gasteiger partial charge in [-0.2, -0.15) is 9.64 Å². The summed E-state index contributed by atoms with van der Waals surface area (Å²) in [5.74, 6) is 0. The molecule has 0 radical (unpaired) electrons. The van der Waals surface area contributed by atoms with Crippen LogP contribution < -0.4 is 4.72 Å². The van der Waals surface area contributed by atoms with Crippen molar-refractivity contribution in [3.8, 4) is 6.07 Å². The van der Waals surface area contributed by atoms with Crippen molar-refractivity contribution in [3.05, 3.63) is 41.5 Å². The van der Waals surface area contributed by atoms with E-state index in [0.29, 0.717) is 22.2 Å². The summed E-state index contributed by atoms with van der Waals surface area (Å²) in [5, 5.41) is 11.1. The number of nitrogens with one attached hydrogen (secondary N) is 2. The Morgan fingerprint density at radius 2 is 2.25 bits per heavy atom. The van der Waals surface area contributed by atoms with E-state index in [-0.39, 0.29) is 4.90 Å². The van der Waals surface area contributed by atoms with Crippen molar-refractivity contribution in [2.45, 2.75) is 4.90 Å². The summed E-state index contributed by atoms with van der Waals surface area (Å²) in [6.45, 7) is 0. The molecule has 2 N–H and O–H groups in total. The second-order valence-corrected chi connectivity index (χ2v) is 6.35. The number of hydrogen-bond acceptors (Lipinski definition) is 5. The number of para-hydroxylation sites is 1. The SMILES string of the molecule is N#Cc1c[nH]c2c(NS(=O)(=O)c3cnsc3)cccc12. The summed E-state index contributed by atoms with van der Waals surface area (Å²) in [5.41, 5.74) is 1.45. The number of hydrogen-bond donors (Lipinski definition) is 2. The van der Waals surface area contributed by atoms with Crippen LogP contribution in [0.3, 0.4) is 0 Å². The molecule has 0 amide bonds. The molecule has 0 spiro atoms. The standard InChI is InChI=1S/C12H8N4O2S2/c13-4-8-5-14-12-10(8)2-1-3-11(12)16-20(17,18)9-6-15-19-7-9/h1-3,5-7,14,16H. The van der Waals surface area contributed by atoms with E-state index < -0.39 is 10.0 Å². The van der Waals surface area contributed by atoms with Gasteiger partial charge < -0.3 is 4.98 Å². The van der Waals surface area contributed by atoms with Gasteiger partial charge >= 0.3 is 0 Å². The number of aromatic amines is 1. The highest BCUT2D eigenvalue weighted by Crippen LogP contribution is 2.27. The fourth-order valence-electron chi connectivity index (χ4n) is 1.86. The molecule has 0 fully saturated rings. The zero-order valence-corrected chi connectivity index (χ0v) is 11.6. The molecule has 0 aliphatic carbocycles. The third-order valence-corrected chi connectivity index (χ3v) is 4.87. The van der Waals surface area contributed by atoms with Gasteiger partial charge in [0, 0.05) is 17.0 Å². The first-order valence-corrected chi connectivity index (χ1v) is 7.86. The van der Waals surface area contributed by atoms with Crippen LogP contribution in [0.1, 0.15) is 5.56 Å². The van der Waals surface area contributed by atoms with E-state index in [1.807, 2.05) is 0 Å². The van der Waals surface area contributed by atoms with Gasteiger partial charge in [-0.25, -0.2) is 8.42 Å². The Hall–Kier alpha value is -2.37. The number of nitrogens with zero attached hydrogens (tertiary/aromatic N) is 2. The van der Waals surface area contributed by atoms with Gasteiger partial charge in [-0.05, 0) is 17.6 Å². The van der Waals surface area contributed by atoms with Crippen molar-refractivity contribution in [2.24, 2.45) is 0 Å². The van der Waals surface area contributed by atoms with E-state index >= 15 is 0 Å². The monoisotopic (exact) mass is 304 g/mol. The van der Waals surface area contributed by atoms with E-state index in [1.165, 1.54) is 11.6 Å². The summed E-state index contributed by atoms with van der Waals surface area (Å²) in [6, 6.07) is 7.14. The molecule has 2 aromatic heterocycles. The summed E-state index contributed by atoms with van der Waals surface area (Å²) < 4.78 is 30.6. The Bertz CT molecular complexity index is 905. The Morgan fingerprint density at radius 1 is 1.40 bits per heavy atom. The quantitative estimate of drug-likeness (QED) is 0.775. The zero-order chi connectivity index (χ0) is 14.2. The lowest BCUT2D eigenvalue weighted by molar-refractivity contribution is 0.601. The summed E-state index contributed by atoms with van der Waals surface area (Å²) >= 11 is 1.07. The molecule has 0 saturated carbocycles. The van der Waals surface area contributed by atoms with Crippen LogP contribution in [0.15, 0.2) is 40.9 Å². The van der Waals surface area contributed by atoms with Crippen LogP contribution >= 0.6 is 11.5 Å². The number of fused-ring (bicyclic) bond motifs is 1. The number of H-pyrrole nitrogens is 1. The largest absolute Gasteiger partial charge is 0.358 e. The van der Waals surface area contributed by atoms with Crippen molar-refractivity contribution in [2.75, 3.05) is 4.72 Å². The van der Waals surface area contributed by atoms with Gasteiger partial charge in [0.25, 0.3) is 10.0 Å². The number of anilines is 1. The molecule has 2 heterocycles. The van der Waals surface area contributed by atoms with Gasteiger partial charge in [0.15, 0.2) is 0 Å². The average molecular weight is 304 g/mol. The zero-order valence-electron chi connectivity index (χ0n) is 9.99. The van der Waals surface area contributed by atoms with Crippen LogP contribution in [0.25, 0.3) is 10.9 Å². The number of aromatic nitrogens is 2. The topological polar surface area (TPSA) is 98.6 Å². The summed E-state index contributed by atoms with van der Waals surface area (Å²) in [4.78, 5) is 3.03. The fourth-order valence-corrected chi connectivity index (χ4v) is 3.74. The predicted molar refractivity (Wildman–Crippen MR) is 75.9 cm³/mol. The molecule has 8 heteroatoms. The van der Waals surface area contributed by atoms with Gasteiger partial charge in [0.1, 0.15) is 11.0 Å². The van der Waals surface area contributed by atoms with Crippen molar-refractivity contribution in [1.29, 1.82) is 5.26 Å². The molecular weight excluding hydrogens is 296 g/mol. The molecule has 100 valence electrons. The Balaban J connectivity index is 2.09.